The third kappa shape index (κ3) is 3.25. The van der Waals surface area contributed by atoms with Crippen molar-refractivity contribution >= 4 is 27.7 Å². The van der Waals surface area contributed by atoms with E-state index >= 15 is 0 Å². The number of thioether (sulfide) groups is 1. The molecule has 88 valence electrons. The number of benzene rings is 1. The molecule has 0 atom stereocenters. The van der Waals surface area contributed by atoms with Crippen molar-refractivity contribution in [2.45, 2.75) is 42.4 Å². The topological polar surface area (TPSA) is 12.0 Å². The minimum absolute atomic E-state index is 0.838. The van der Waals surface area contributed by atoms with Crippen LogP contribution in [-0.4, -0.2) is 12.3 Å². The van der Waals surface area contributed by atoms with Crippen molar-refractivity contribution in [1.82, 2.24) is 5.32 Å². The average molecular weight is 300 g/mol. The van der Waals surface area contributed by atoms with Gasteiger partial charge >= 0.3 is 0 Å². The molecule has 0 unspecified atom stereocenters. The highest BCUT2D eigenvalue weighted by molar-refractivity contribution is 9.10. The van der Waals surface area contributed by atoms with Gasteiger partial charge in [-0.15, -0.1) is 11.8 Å². The Morgan fingerprint density at radius 2 is 2.12 bits per heavy atom. The van der Waals surface area contributed by atoms with Crippen LogP contribution < -0.4 is 5.32 Å². The number of halogens is 1. The number of hydrogen-bond acceptors (Lipinski definition) is 2. The minimum Gasteiger partial charge on any atom is -0.316 e. The highest BCUT2D eigenvalue weighted by atomic mass is 79.9. The largest absolute Gasteiger partial charge is 0.316 e. The molecule has 1 aliphatic carbocycles. The summed E-state index contributed by atoms with van der Waals surface area (Å²) in [6.45, 7) is 0.961. The molecule has 0 aliphatic heterocycles. The molecule has 1 nitrogen and oxygen atoms in total. The van der Waals surface area contributed by atoms with E-state index in [-0.39, 0.29) is 0 Å². The first-order valence-electron chi connectivity index (χ1n) is 5.89. The first-order chi connectivity index (χ1) is 7.79. The number of nitrogens with one attached hydrogen (secondary N) is 1. The summed E-state index contributed by atoms with van der Waals surface area (Å²) in [6.07, 6.45) is 5.59. The molecular formula is C13H18BrNS. The fourth-order valence-electron chi connectivity index (χ4n) is 2.16. The normalized spacial score (nSPS) is 16.9. The summed E-state index contributed by atoms with van der Waals surface area (Å²) in [5, 5.41) is 4.08. The molecule has 3 heteroatoms. The van der Waals surface area contributed by atoms with Crippen LogP contribution in [-0.2, 0) is 6.54 Å². The quantitative estimate of drug-likeness (QED) is 0.894. The van der Waals surface area contributed by atoms with Gasteiger partial charge in [-0.3, -0.25) is 0 Å². The summed E-state index contributed by atoms with van der Waals surface area (Å²) in [6, 6.07) is 6.61. The van der Waals surface area contributed by atoms with E-state index in [1.807, 2.05) is 7.05 Å². The molecule has 1 N–H and O–H groups in total. The van der Waals surface area contributed by atoms with Crippen LogP contribution in [0.4, 0.5) is 0 Å². The molecule has 0 bridgehead atoms. The van der Waals surface area contributed by atoms with Gasteiger partial charge in [0.2, 0.25) is 0 Å². The van der Waals surface area contributed by atoms with Gasteiger partial charge in [0.05, 0.1) is 0 Å². The zero-order valence-corrected chi connectivity index (χ0v) is 12.0. The summed E-state index contributed by atoms with van der Waals surface area (Å²) in [4.78, 5) is 1.44. The van der Waals surface area contributed by atoms with Crippen LogP contribution in [0.5, 0.6) is 0 Å². The fraction of sp³-hybridized carbons (Fsp3) is 0.538. The van der Waals surface area contributed by atoms with Gasteiger partial charge in [-0.25, -0.2) is 0 Å². The molecule has 1 fully saturated rings. The van der Waals surface area contributed by atoms with Crippen molar-refractivity contribution in [3.63, 3.8) is 0 Å². The second-order valence-electron chi connectivity index (χ2n) is 4.31. The summed E-state index contributed by atoms with van der Waals surface area (Å²) in [5.41, 5.74) is 1.42. The van der Waals surface area contributed by atoms with Crippen molar-refractivity contribution in [3.8, 4) is 0 Å². The Labute approximate surface area is 111 Å². The minimum atomic E-state index is 0.838. The van der Waals surface area contributed by atoms with Crippen molar-refractivity contribution < 1.29 is 0 Å². The predicted octanol–water partition coefficient (Wildman–Crippen LogP) is 4.20. The Hall–Kier alpha value is 0.01000. The van der Waals surface area contributed by atoms with Crippen molar-refractivity contribution in [3.05, 3.63) is 28.2 Å². The lowest BCUT2D eigenvalue weighted by Gasteiger charge is -2.13. The Bertz CT molecular complexity index is 348. The Morgan fingerprint density at radius 1 is 1.38 bits per heavy atom. The van der Waals surface area contributed by atoms with Crippen LogP contribution in [0.2, 0.25) is 0 Å². The van der Waals surface area contributed by atoms with Gasteiger partial charge in [0.1, 0.15) is 0 Å². The van der Waals surface area contributed by atoms with Gasteiger partial charge in [-0.05, 0) is 37.6 Å². The molecule has 2 rings (SSSR count). The molecule has 1 aromatic rings. The standard InChI is InChI=1S/C13H18BrNS/c1-15-9-10-6-7-11(14)8-13(10)16-12-4-2-3-5-12/h6-8,12,15H,2-5,9H2,1H3. The molecular weight excluding hydrogens is 282 g/mol. The van der Waals surface area contributed by atoms with E-state index in [1.165, 1.54) is 40.6 Å². The van der Waals surface area contributed by atoms with E-state index in [2.05, 4.69) is 51.2 Å². The first-order valence-corrected chi connectivity index (χ1v) is 7.56. The molecule has 0 spiro atoms. The predicted molar refractivity (Wildman–Crippen MR) is 75.0 cm³/mol. The van der Waals surface area contributed by atoms with E-state index in [0.717, 1.165) is 11.8 Å². The zero-order chi connectivity index (χ0) is 11.4. The maximum Gasteiger partial charge on any atom is 0.0213 e. The summed E-state index contributed by atoms with van der Waals surface area (Å²) >= 11 is 5.63. The lowest BCUT2D eigenvalue weighted by Crippen LogP contribution is -2.07. The fourth-order valence-corrected chi connectivity index (χ4v) is 4.09. The molecule has 0 aromatic heterocycles. The zero-order valence-electron chi connectivity index (χ0n) is 9.63. The molecule has 0 heterocycles. The Kier molecular flexibility index (Phi) is 4.74. The van der Waals surface area contributed by atoms with Crippen molar-refractivity contribution in [2.75, 3.05) is 7.05 Å². The molecule has 1 aromatic carbocycles. The smallest absolute Gasteiger partial charge is 0.0213 e. The SMILES string of the molecule is CNCc1ccc(Br)cc1SC1CCCC1. The molecule has 16 heavy (non-hydrogen) atoms. The van der Waals surface area contributed by atoms with Gasteiger partial charge in [0.25, 0.3) is 0 Å². The summed E-state index contributed by atoms with van der Waals surface area (Å²) in [5.74, 6) is 0. The molecule has 0 saturated heterocycles. The van der Waals surface area contributed by atoms with Crippen molar-refractivity contribution in [1.29, 1.82) is 0 Å². The third-order valence-electron chi connectivity index (χ3n) is 2.99. The van der Waals surface area contributed by atoms with Gasteiger partial charge in [-0.1, -0.05) is 34.8 Å². The second-order valence-corrected chi connectivity index (χ2v) is 6.56. The molecule has 1 saturated carbocycles. The Balaban J connectivity index is 2.12. The van der Waals surface area contributed by atoms with Gasteiger partial charge in [0, 0.05) is 21.2 Å². The van der Waals surface area contributed by atoms with Crippen LogP contribution in [0.3, 0.4) is 0 Å². The lowest BCUT2D eigenvalue weighted by atomic mass is 10.2. The molecule has 0 radical (unpaired) electrons. The molecule has 0 amide bonds. The van der Waals surface area contributed by atoms with E-state index in [4.69, 9.17) is 0 Å². The lowest BCUT2D eigenvalue weighted by molar-refractivity contribution is 0.801. The third-order valence-corrected chi connectivity index (χ3v) is 4.92. The summed E-state index contributed by atoms with van der Waals surface area (Å²) in [7, 11) is 2.01. The number of rotatable bonds is 4. The van der Waals surface area contributed by atoms with E-state index in [1.54, 1.807) is 0 Å². The van der Waals surface area contributed by atoms with Gasteiger partial charge < -0.3 is 5.32 Å². The van der Waals surface area contributed by atoms with Crippen LogP contribution in [0, 0.1) is 0 Å². The Morgan fingerprint density at radius 3 is 2.81 bits per heavy atom. The highest BCUT2D eigenvalue weighted by Gasteiger charge is 2.17. The van der Waals surface area contributed by atoms with E-state index in [9.17, 15) is 0 Å². The van der Waals surface area contributed by atoms with Gasteiger partial charge in [-0.2, -0.15) is 0 Å². The van der Waals surface area contributed by atoms with Crippen LogP contribution in [0.15, 0.2) is 27.6 Å². The summed E-state index contributed by atoms with van der Waals surface area (Å²) < 4.78 is 1.19. The monoisotopic (exact) mass is 299 g/mol. The highest BCUT2D eigenvalue weighted by Crippen LogP contribution is 2.37. The van der Waals surface area contributed by atoms with Crippen LogP contribution in [0.25, 0.3) is 0 Å². The first kappa shape index (κ1) is 12.5. The maximum atomic E-state index is 3.56. The number of hydrogen-bond donors (Lipinski definition) is 1. The van der Waals surface area contributed by atoms with Crippen molar-refractivity contribution in [2.24, 2.45) is 0 Å². The van der Waals surface area contributed by atoms with E-state index in [0.29, 0.717) is 0 Å². The van der Waals surface area contributed by atoms with Gasteiger partial charge in [0.15, 0.2) is 0 Å². The van der Waals surface area contributed by atoms with Crippen LogP contribution in [0.1, 0.15) is 31.2 Å². The van der Waals surface area contributed by atoms with E-state index < -0.39 is 0 Å². The second kappa shape index (κ2) is 6.08. The maximum absolute atomic E-state index is 3.56. The van der Waals surface area contributed by atoms with Crippen LogP contribution >= 0.6 is 27.7 Å². The molecule has 1 aliphatic rings. The average Bonchev–Trinajstić information content (AvgIpc) is 2.75.